The zero-order valence-corrected chi connectivity index (χ0v) is 10.0. The summed E-state index contributed by atoms with van der Waals surface area (Å²) in [4.78, 5) is 11.0. The molecule has 2 aliphatic rings. The largest absolute Gasteiger partial charge is 0.339 e. The van der Waals surface area contributed by atoms with Crippen molar-refractivity contribution in [1.82, 2.24) is 9.97 Å². The summed E-state index contributed by atoms with van der Waals surface area (Å²) in [6.07, 6.45) is 6.64. The van der Waals surface area contributed by atoms with Crippen LogP contribution in [0.4, 0.5) is 5.95 Å². The minimum atomic E-state index is 0.762. The summed E-state index contributed by atoms with van der Waals surface area (Å²) in [5, 5.41) is 0. The molecule has 1 aliphatic heterocycles. The fourth-order valence-electron chi connectivity index (χ4n) is 1.71. The molecule has 74 valence electrons. The maximum Gasteiger partial charge on any atom is 0.225 e. The molecule has 0 radical (unpaired) electrons. The van der Waals surface area contributed by atoms with E-state index in [0.717, 1.165) is 28.9 Å². The van der Waals surface area contributed by atoms with Gasteiger partial charge in [0, 0.05) is 29.4 Å². The minimum absolute atomic E-state index is 0.762. The molecule has 1 aromatic heterocycles. The SMILES string of the molecule is IC1CN(c2ncc(C3CC3)cn2)C1. The van der Waals surface area contributed by atoms with Gasteiger partial charge in [-0.05, 0) is 24.3 Å². The lowest BCUT2D eigenvalue weighted by Crippen LogP contribution is -2.48. The van der Waals surface area contributed by atoms with E-state index in [2.05, 4.69) is 37.5 Å². The summed E-state index contributed by atoms with van der Waals surface area (Å²) in [5.74, 6) is 1.67. The molecule has 3 nitrogen and oxygen atoms in total. The van der Waals surface area contributed by atoms with Crippen LogP contribution in [0.3, 0.4) is 0 Å². The number of anilines is 1. The van der Waals surface area contributed by atoms with Gasteiger partial charge in [-0.1, -0.05) is 22.6 Å². The van der Waals surface area contributed by atoms with Crippen LogP contribution in [0, 0.1) is 0 Å². The lowest BCUT2D eigenvalue weighted by molar-refractivity contribution is 0.633. The molecule has 0 bridgehead atoms. The van der Waals surface area contributed by atoms with Crippen molar-refractivity contribution in [2.24, 2.45) is 0 Å². The van der Waals surface area contributed by atoms with Crippen LogP contribution in [0.1, 0.15) is 24.3 Å². The number of rotatable bonds is 2. The second-order valence-electron chi connectivity index (χ2n) is 4.09. The summed E-state index contributed by atoms with van der Waals surface area (Å²) in [5.41, 5.74) is 1.32. The molecule has 0 unspecified atom stereocenters. The van der Waals surface area contributed by atoms with Gasteiger partial charge < -0.3 is 4.90 Å². The first-order chi connectivity index (χ1) is 6.83. The van der Waals surface area contributed by atoms with Crippen molar-refractivity contribution in [3.05, 3.63) is 18.0 Å². The maximum absolute atomic E-state index is 4.41. The molecule has 0 N–H and O–H groups in total. The monoisotopic (exact) mass is 301 g/mol. The third-order valence-corrected chi connectivity index (χ3v) is 3.61. The van der Waals surface area contributed by atoms with E-state index in [-0.39, 0.29) is 0 Å². The smallest absolute Gasteiger partial charge is 0.225 e. The van der Waals surface area contributed by atoms with Gasteiger partial charge in [-0.3, -0.25) is 0 Å². The van der Waals surface area contributed by atoms with Crippen molar-refractivity contribution >= 4 is 28.5 Å². The van der Waals surface area contributed by atoms with E-state index >= 15 is 0 Å². The topological polar surface area (TPSA) is 29.0 Å². The predicted octanol–water partition coefficient (Wildman–Crippen LogP) is 1.98. The molecule has 3 rings (SSSR count). The molecular weight excluding hydrogens is 289 g/mol. The van der Waals surface area contributed by atoms with Crippen molar-refractivity contribution in [3.63, 3.8) is 0 Å². The molecule has 0 amide bonds. The Kier molecular flexibility index (Phi) is 2.11. The highest BCUT2D eigenvalue weighted by atomic mass is 127. The quantitative estimate of drug-likeness (QED) is 0.618. The number of hydrogen-bond donors (Lipinski definition) is 0. The van der Waals surface area contributed by atoms with Gasteiger partial charge in [-0.25, -0.2) is 9.97 Å². The van der Waals surface area contributed by atoms with Crippen LogP contribution in [0.5, 0.6) is 0 Å². The van der Waals surface area contributed by atoms with E-state index in [1.165, 1.54) is 18.4 Å². The Bertz CT molecular complexity index is 328. The van der Waals surface area contributed by atoms with Crippen LogP contribution in [-0.2, 0) is 0 Å². The Labute approximate surface area is 97.1 Å². The molecule has 0 atom stereocenters. The average molecular weight is 301 g/mol. The minimum Gasteiger partial charge on any atom is -0.339 e. The second-order valence-corrected chi connectivity index (χ2v) is 5.85. The van der Waals surface area contributed by atoms with Crippen LogP contribution >= 0.6 is 22.6 Å². The molecule has 0 spiro atoms. The first-order valence-electron chi connectivity index (χ1n) is 5.04. The molecule has 2 heterocycles. The number of aromatic nitrogens is 2. The standard InChI is InChI=1S/C10H12IN3/c11-9-5-14(6-9)10-12-3-8(4-13-10)7-1-2-7/h3-4,7,9H,1-2,5-6H2. The Morgan fingerprint density at radius 3 is 2.36 bits per heavy atom. The third kappa shape index (κ3) is 1.60. The Morgan fingerprint density at radius 1 is 1.21 bits per heavy atom. The Balaban J connectivity index is 1.73. The van der Waals surface area contributed by atoms with E-state index < -0.39 is 0 Å². The van der Waals surface area contributed by atoms with Crippen LogP contribution in [0.15, 0.2) is 12.4 Å². The van der Waals surface area contributed by atoms with Crippen molar-refractivity contribution in [3.8, 4) is 0 Å². The second kappa shape index (κ2) is 3.32. The molecular formula is C10H12IN3. The highest BCUT2D eigenvalue weighted by Crippen LogP contribution is 2.39. The van der Waals surface area contributed by atoms with Gasteiger partial charge >= 0.3 is 0 Å². The highest BCUT2D eigenvalue weighted by Gasteiger charge is 2.27. The van der Waals surface area contributed by atoms with Gasteiger partial charge in [-0.15, -0.1) is 0 Å². The van der Waals surface area contributed by atoms with Gasteiger partial charge in [0.05, 0.1) is 0 Å². The molecule has 14 heavy (non-hydrogen) atoms. The molecule has 1 saturated heterocycles. The first kappa shape index (κ1) is 8.88. The Morgan fingerprint density at radius 2 is 1.86 bits per heavy atom. The predicted molar refractivity (Wildman–Crippen MR) is 64.0 cm³/mol. The fraction of sp³-hybridized carbons (Fsp3) is 0.600. The van der Waals surface area contributed by atoms with Gasteiger partial charge in [0.2, 0.25) is 5.95 Å². The molecule has 4 heteroatoms. The Hall–Kier alpha value is -0.390. The van der Waals surface area contributed by atoms with E-state index in [1.54, 1.807) is 0 Å². The van der Waals surface area contributed by atoms with Crippen LogP contribution in [0.2, 0.25) is 0 Å². The van der Waals surface area contributed by atoms with Gasteiger partial charge in [0.15, 0.2) is 0 Å². The summed E-state index contributed by atoms with van der Waals surface area (Å²) in [6, 6.07) is 0. The van der Waals surface area contributed by atoms with E-state index in [9.17, 15) is 0 Å². The molecule has 1 aliphatic carbocycles. The van der Waals surface area contributed by atoms with Crippen LogP contribution in [0.25, 0.3) is 0 Å². The normalized spacial score (nSPS) is 22.2. The lowest BCUT2D eigenvalue weighted by atomic mass is 10.2. The van der Waals surface area contributed by atoms with E-state index in [1.807, 2.05) is 12.4 Å². The van der Waals surface area contributed by atoms with Crippen molar-refractivity contribution in [2.45, 2.75) is 22.7 Å². The van der Waals surface area contributed by atoms with Gasteiger partial charge in [-0.2, -0.15) is 0 Å². The summed E-state index contributed by atoms with van der Waals surface area (Å²) < 4.78 is 0.777. The number of hydrogen-bond acceptors (Lipinski definition) is 3. The number of halogens is 1. The lowest BCUT2D eigenvalue weighted by Gasteiger charge is -2.35. The van der Waals surface area contributed by atoms with Crippen molar-refractivity contribution in [2.75, 3.05) is 18.0 Å². The van der Waals surface area contributed by atoms with Crippen molar-refractivity contribution < 1.29 is 0 Å². The maximum atomic E-state index is 4.41. The summed E-state index contributed by atoms with van der Waals surface area (Å²) >= 11 is 2.47. The molecule has 1 aromatic rings. The molecule has 0 aromatic carbocycles. The van der Waals surface area contributed by atoms with E-state index in [4.69, 9.17) is 0 Å². The molecule has 1 saturated carbocycles. The average Bonchev–Trinajstić information content (AvgIpc) is 2.97. The summed E-state index contributed by atoms with van der Waals surface area (Å²) in [7, 11) is 0. The van der Waals surface area contributed by atoms with Gasteiger partial charge in [0.1, 0.15) is 0 Å². The first-order valence-corrected chi connectivity index (χ1v) is 6.28. The highest BCUT2D eigenvalue weighted by molar-refractivity contribution is 14.1. The zero-order valence-electron chi connectivity index (χ0n) is 7.86. The van der Waals surface area contributed by atoms with Crippen LogP contribution < -0.4 is 4.90 Å². The zero-order chi connectivity index (χ0) is 9.54. The summed E-state index contributed by atoms with van der Waals surface area (Å²) in [6.45, 7) is 2.20. The van der Waals surface area contributed by atoms with Gasteiger partial charge in [0.25, 0.3) is 0 Å². The van der Waals surface area contributed by atoms with Crippen LogP contribution in [-0.4, -0.2) is 27.0 Å². The third-order valence-electron chi connectivity index (χ3n) is 2.83. The number of nitrogens with zero attached hydrogens (tertiary/aromatic N) is 3. The fourth-order valence-corrected chi connectivity index (χ4v) is 2.66. The van der Waals surface area contributed by atoms with E-state index in [0.29, 0.717) is 0 Å². The molecule has 2 fully saturated rings. The van der Waals surface area contributed by atoms with Crippen molar-refractivity contribution in [1.29, 1.82) is 0 Å². The number of alkyl halides is 1.